The van der Waals surface area contributed by atoms with Crippen molar-refractivity contribution in [3.63, 3.8) is 0 Å². The van der Waals surface area contributed by atoms with Gasteiger partial charge in [-0.1, -0.05) is 42.5 Å². The number of anilines is 1. The van der Waals surface area contributed by atoms with E-state index in [-0.39, 0.29) is 11.8 Å². The van der Waals surface area contributed by atoms with Crippen molar-refractivity contribution < 1.29 is 4.79 Å². The maximum absolute atomic E-state index is 12.2. The predicted molar refractivity (Wildman–Crippen MR) is 69.3 cm³/mol. The first-order chi connectivity index (χ1) is 8.27. The van der Waals surface area contributed by atoms with Gasteiger partial charge < -0.3 is 5.32 Å². The Balaban J connectivity index is 2.33. The second-order valence-corrected chi connectivity index (χ2v) is 4.32. The fourth-order valence-corrected chi connectivity index (χ4v) is 2.31. The van der Waals surface area contributed by atoms with Crippen molar-refractivity contribution >= 4 is 11.5 Å². The maximum Gasteiger partial charge on any atom is 0.185 e. The second kappa shape index (κ2) is 3.74. The number of hydrogen-bond acceptors (Lipinski definition) is 2. The van der Waals surface area contributed by atoms with E-state index in [9.17, 15) is 4.79 Å². The van der Waals surface area contributed by atoms with Crippen molar-refractivity contribution in [3.8, 4) is 11.1 Å². The first-order valence-corrected chi connectivity index (χ1v) is 5.76. The first kappa shape index (κ1) is 10.1. The minimum absolute atomic E-state index is 0.150. The molecule has 0 saturated heterocycles. The van der Waals surface area contributed by atoms with Crippen molar-refractivity contribution in [1.82, 2.24) is 0 Å². The highest BCUT2D eigenvalue weighted by molar-refractivity contribution is 6.09. The summed E-state index contributed by atoms with van der Waals surface area (Å²) in [6, 6.07) is 15.7. The number of rotatable bonds is 0. The minimum atomic E-state index is -0.181. The van der Waals surface area contributed by atoms with Crippen molar-refractivity contribution in [2.24, 2.45) is 0 Å². The van der Waals surface area contributed by atoms with Crippen LogP contribution < -0.4 is 5.32 Å². The van der Waals surface area contributed by atoms with Crippen LogP contribution in [0.2, 0.25) is 0 Å². The lowest BCUT2D eigenvalue weighted by molar-refractivity contribution is 0.0977. The molecule has 2 heteroatoms. The molecular formula is C15H13NO. The maximum atomic E-state index is 12.2. The summed E-state index contributed by atoms with van der Waals surface area (Å²) in [4.78, 5) is 12.2. The topological polar surface area (TPSA) is 29.1 Å². The van der Waals surface area contributed by atoms with E-state index in [4.69, 9.17) is 0 Å². The normalized spacial score (nSPS) is 17.7. The number of Topliss-reactive ketones (excluding diaryl/α,β-unsaturated/α-hetero) is 1. The van der Waals surface area contributed by atoms with E-state index in [0.717, 1.165) is 22.4 Å². The van der Waals surface area contributed by atoms with Crippen LogP contribution in [0.1, 0.15) is 17.3 Å². The van der Waals surface area contributed by atoms with E-state index in [1.54, 1.807) is 0 Å². The van der Waals surface area contributed by atoms with Crippen LogP contribution in [0.4, 0.5) is 5.69 Å². The molecule has 2 aromatic rings. The molecule has 0 bridgehead atoms. The molecule has 3 rings (SSSR count). The van der Waals surface area contributed by atoms with Gasteiger partial charge in [0.05, 0.1) is 6.04 Å². The number of ketones is 1. The Morgan fingerprint density at radius 3 is 2.24 bits per heavy atom. The van der Waals surface area contributed by atoms with Gasteiger partial charge in [0.15, 0.2) is 5.78 Å². The van der Waals surface area contributed by atoms with E-state index >= 15 is 0 Å². The lowest BCUT2D eigenvalue weighted by atomic mass is 9.96. The third kappa shape index (κ3) is 1.53. The molecule has 2 aromatic carbocycles. The molecule has 0 spiro atoms. The largest absolute Gasteiger partial charge is 0.375 e. The highest BCUT2D eigenvalue weighted by atomic mass is 16.1. The molecule has 1 aliphatic rings. The van der Waals surface area contributed by atoms with E-state index in [0.29, 0.717) is 0 Å². The smallest absolute Gasteiger partial charge is 0.185 e. The molecule has 1 aliphatic heterocycles. The SMILES string of the molecule is C[C@@H]1Nc2ccccc2-c2ccccc2C1=O. The van der Waals surface area contributed by atoms with Crippen LogP contribution in [0.15, 0.2) is 48.5 Å². The highest BCUT2D eigenvalue weighted by Gasteiger charge is 2.23. The number of carbonyl (C=O) groups excluding carboxylic acids is 1. The summed E-state index contributed by atoms with van der Waals surface area (Å²) in [5, 5.41) is 3.27. The van der Waals surface area contributed by atoms with Gasteiger partial charge in [0.2, 0.25) is 0 Å². The molecule has 84 valence electrons. The van der Waals surface area contributed by atoms with Crippen molar-refractivity contribution in [2.45, 2.75) is 13.0 Å². The Labute approximate surface area is 100 Å². The molecule has 0 saturated carbocycles. The first-order valence-electron chi connectivity index (χ1n) is 5.76. The fraction of sp³-hybridized carbons (Fsp3) is 0.133. The summed E-state index contributed by atoms with van der Waals surface area (Å²) in [5.41, 5.74) is 3.95. The Hall–Kier alpha value is -2.09. The van der Waals surface area contributed by atoms with Crippen LogP contribution in [0.5, 0.6) is 0 Å². The molecule has 0 radical (unpaired) electrons. The molecule has 1 heterocycles. The van der Waals surface area contributed by atoms with Crippen LogP contribution in [0, 0.1) is 0 Å². The van der Waals surface area contributed by atoms with E-state index in [1.165, 1.54) is 0 Å². The molecular weight excluding hydrogens is 210 g/mol. The van der Waals surface area contributed by atoms with Crippen molar-refractivity contribution in [1.29, 1.82) is 0 Å². The zero-order valence-corrected chi connectivity index (χ0v) is 9.60. The molecule has 0 unspecified atom stereocenters. The van der Waals surface area contributed by atoms with E-state index in [2.05, 4.69) is 5.32 Å². The summed E-state index contributed by atoms with van der Waals surface area (Å²) in [5.74, 6) is 0.150. The van der Waals surface area contributed by atoms with Gasteiger partial charge in [-0.3, -0.25) is 4.79 Å². The summed E-state index contributed by atoms with van der Waals surface area (Å²) in [6.45, 7) is 1.90. The Kier molecular flexibility index (Phi) is 2.22. The van der Waals surface area contributed by atoms with Gasteiger partial charge in [0, 0.05) is 16.8 Å². The number of fused-ring (bicyclic) bond motifs is 3. The van der Waals surface area contributed by atoms with Crippen molar-refractivity contribution in [2.75, 3.05) is 5.32 Å². The minimum Gasteiger partial charge on any atom is -0.375 e. The van der Waals surface area contributed by atoms with Crippen LogP contribution in [0.25, 0.3) is 11.1 Å². The van der Waals surface area contributed by atoms with Crippen LogP contribution in [0.3, 0.4) is 0 Å². The van der Waals surface area contributed by atoms with Crippen molar-refractivity contribution in [3.05, 3.63) is 54.1 Å². The lowest BCUT2D eigenvalue weighted by Gasteiger charge is -2.11. The number of carbonyl (C=O) groups is 1. The zero-order chi connectivity index (χ0) is 11.8. The Morgan fingerprint density at radius 1 is 0.882 bits per heavy atom. The Morgan fingerprint density at radius 2 is 1.47 bits per heavy atom. The molecule has 1 atom stereocenters. The van der Waals surface area contributed by atoms with E-state index in [1.807, 2.05) is 55.5 Å². The summed E-state index contributed by atoms with van der Waals surface area (Å²) < 4.78 is 0. The second-order valence-electron chi connectivity index (χ2n) is 4.32. The molecule has 0 fully saturated rings. The molecule has 17 heavy (non-hydrogen) atoms. The third-order valence-corrected chi connectivity index (χ3v) is 3.18. The van der Waals surface area contributed by atoms with Gasteiger partial charge in [-0.15, -0.1) is 0 Å². The Bertz CT molecular complexity index is 589. The molecule has 0 aliphatic carbocycles. The van der Waals surface area contributed by atoms with Gasteiger partial charge in [0.25, 0.3) is 0 Å². The number of benzene rings is 2. The molecule has 1 N–H and O–H groups in total. The summed E-state index contributed by atoms with van der Waals surface area (Å²) >= 11 is 0. The number of hydrogen-bond donors (Lipinski definition) is 1. The van der Waals surface area contributed by atoms with E-state index < -0.39 is 0 Å². The monoisotopic (exact) mass is 223 g/mol. The van der Waals surface area contributed by atoms with Crippen LogP contribution in [-0.2, 0) is 0 Å². The lowest BCUT2D eigenvalue weighted by Crippen LogP contribution is -2.24. The van der Waals surface area contributed by atoms with Gasteiger partial charge in [-0.25, -0.2) is 0 Å². The number of para-hydroxylation sites is 1. The summed E-state index contributed by atoms with van der Waals surface area (Å²) in [7, 11) is 0. The summed E-state index contributed by atoms with van der Waals surface area (Å²) in [6.07, 6.45) is 0. The standard InChI is InChI=1S/C15H13NO/c1-10-15(17)13-8-3-2-6-11(13)12-7-4-5-9-14(12)16-10/h2-10,16H,1H3/t10-/m0/s1. The highest BCUT2D eigenvalue weighted by Crippen LogP contribution is 2.34. The van der Waals surface area contributed by atoms with Gasteiger partial charge in [0.1, 0.15) is 0 Å². The average molecular weight is 223 g/mol. The molecule has 0 aromatic heterocycles. The van der Waals surface area contributed by atoms with Gasteiger partial charge in [-0.2, -0.15) is 0 Å². The average Bonchev–Trinajstić information content (AvgIpc) is 2.48. The quantitative estimate of drug-likeness (QED) is 0.742. The van der Waals surface area contributed by atoms with Crippen LogP contribution in [-0.4, -0.2) is 11.8 Å². The van der Waals surface area contributed by atoms with Gasteiger partial charge in [-0.05, 0) is 18.6 Å². The third-order valence-electron chi connectivity index (χ3n) is 3.18. The van der Waals surface area contributed by atoms with Gasteiger partial charge >= 0.3 is 0 Å². The molecule has 0 amide bonds. The predicted octanol–water partition coefficient (Wildman–Crippen LogP) is 3.35. The van der Waals surface area contributed by atoms with Crippen LogP contribution >= 0.6 is 0 Å². The number of nitrogens with one attached hydrogen (secondary N) is 1. The fourth-order valence-electron chi connectivity index (χ4n) is 2.31. The molecule has 2 nitrogen and oxygen atoms in total. The zero-order valence-electron chi connectivity index (χ0n) is 9.60.